The molecular weight excluding hydrogens is 412 g/mol. The molecular formula is C22H20N6O4. The van der Waals surface area contributed by atoms with Crippen molar-refractivity contribution in [2.45, 2.75) is 25.9 Å². The van der Waals surface area contributed by atoms with Crippen LogP contribution in [0.5, 0.6) is 0 Å². The van der Waals surface area contributed by atoms with E-state index in [2.05, 4.69) is 31.0 Å². The molecule has 32 heavy (non-hydrogen) atoms. The topological polar surface area (TPSA) is 143 Å². The zero-order valence-electron chi connectivity index (χ0n) is 17.2. The number of fused-ring (bicyclic) bond motifs is 1. The van der Waals surface area contributed by atoms with Crippen LogP contribution < -0.4 is 16.2 Å². The molecule has 0 radical (unpaired) electrons. The van der Waals surface area contributed by atoms with Gasteiger partial charge in [-0.15, -0.1) is 0 Å². The number of H-pyrrole nitrogens is 1. The second-order valence-electron chi connectivity index (χ2n) is 7.11. The van der Waals surface area contributed by atoms with Crippen LogP contribution in [0.4, 0.5) is 0 Å². The minimum absolute atomic E-state index is 0.0327. The lowest BCUT2D eigenvalue weighted by Crippen LogP contribution is -2.45. The summed E-state index contributed by atoms with van der Waals surface area (Å²) < 4.78 is 5.16. The number of hydrogen-bond donors (Lipinski definition) is 3. The Kier molecular flexibility index (Phi) is 6.02. The summed E-state index contributed by atoms with van der Waals surface area (Å²) in [6, 6.07) is 15.4. The molecule has 0 bridgehead atoms. The molecule has 10 nitrogen and oxygen atoms in total. The predicted octanol–water partition coefficient (Wildman–Crippen LogP) is 1.34. The Bertz CT molecular complexity index is 1310. The van der Waals surface area contributed by atoms with E-state index in [9.17, 15) is 14.4 Å². The predicted molar refractivity (Wildman–Crippen MR) is 115 cm³/mol. The number of carbonyl (C=O) groups is 2. The molecule has 0 saturated heterocycles. The van der Waals surface area contributed by atoms with E-state index in [1.807, 2.05) is 30.3 Å². The highest BCUT2D eigenvalue weighted by Crippen LogP contribution is 2.15. The van der Waals surface area contributed by atoms with E-state index < -0.39 is 17.9 Å². The maximum absolute atomic E-state index is 12.4. The molecule has 2 aromatic carbocycles. The van der Waals surface area contributed by atoms with Crippen molar-refractivity contribution in [2.75, 3.05) is 0 Å². The van der Waals surface area contributed by atoms with Gasteiger partial charge in [0.15, 0.2) is 0 Å². The molecule has 3 N–H and O–H groups in total. The van der Waals surface area contributed by atoms with Gasteiger partial charge in [-0.2, -0.15) is 10.1 Å². The van der Waals surface area contributed by atoms with Crippen molar-refractivity contribution >= 4 is 22.6 Å². The van der Waals surface area contributed by atoms with Crippen LogP contribution in [0.2, 0.25) is 0 Å². The number of rotatable bonds is 7. The minimum atomic E-state index is -0.798. The number of benzene rings is 2. The zero-order valence-corrected chi connectivity index (χ0v) is 17.2. The fourth-order valence-corrected chi connectivity index (χ4v) is 3.16. The summed E-state index contributed by atoms with van der Waals surface area (Å²) in [6.07, 6.45) is -0.0843. The Morgan fingerprint density at radius 3 is 2.56 bits per heavy atom. The van der Waals surface area contributed by atoms with Gasteiger partial charge in [0.1, 0.15) is 6.04 Å². The number of carbonyl (C=O) groups excluding carboxylic acids is 2. The van der Waals surface area contributed by atoms with Gasteiger partial charge >= 0.3 is 0 Å². The number of nitrogens with zero attached hydrogens (tertiary/aromatic N) is 3. The Morgan fingerprint density at radius 2 is 1.78 bits per heavy atom. The second kappa shape index (κ2) is 9.21. The van der Waals surface area contributed by atoms with Crippen LogP contribution in [0.3, 0.4) is 0 Å². The highest BCUT2D eigenvalue weighted by molar-refractivity contribution is 5.91. The maximum atomic E-state index is 12.4. The SMILES string of the molecule is CC(NC(=O)Cc1n[nH]c(=O)c2ccccc12)C(=O)NCc1nc(-c2ccccc2)no1. The van der Waals surface area contributed by atoms with Crippen LogP contribution in [0.1, 0.15) is 18.5 Å². The van der Waals surface area contributed by atoms with Gasteiger partial charge < -0.3 is 15.2 Å². The number of aromatic amines is 1. The molecule has 162 valence electrons. The van der Waals surface area contributed by atoms with Crippen LogP contribution in [-0.2, 0) is 22.6 Å². The largest absolute Gasteiger partial charge is 0.345 e. The van der Waals surface area contributed by atoms with Crippen molar-refractivity contribution in [3.05, 3.63) is 76.5 Å². The van der Waals surface area contributed by atoms with E-state index in [1.165, 1.54) is 0 Å². The number of nitrogens with one attached hydrogen (secondary N) is 3. The third-order valence-corrected chi connectivity index (χ3v) is 4.79. The molecule has 0 saturated carbocycles. The van der Waals surface area contributed by atoms with Crippen LogP contribution in [0, 0.1) is 0 Å². The minimum Gasteiger partial charge on any atom is -0.345 e. The van der Waals surface area contributed by atoms with Crippen molar-refractivity contribution < 1.29 is 14.1 Å². The van der Waals surface area contributed by atoms with E-state index >= 15 is 0 Å². The first-order valence-corrected chi connectivity index (χ1v) is 9.92. The van der Waals surface area contributed by atoms with Crippen molar-refractivity contribution in [3.8, 4) is 11.4 Å². The summed E-state index contributed by atoms with van der Waals surface area (Å²) in [7, 11) is 0. The Morgan fingerprint density at radius 1 is 1.06 bits per heavy atom. The first kappa shape index (κ1) is 20.9. The van der Waals surface area contributed by atoms with Crippen molar-refractivity contribution in [3.63, 3.8) is 0 Å². The van der Waals surface area contributed by atoms with Crippen molar-refractivity contribution in [2.24, 2.45) is 0 Å². The summed E-state index contributed by atoms with van der Waals surface area (Å²) in [6.45, 7) is 1.60. The summed E-state index contributed by atoms with van der Waals surface area (Å²) >= 11 is 0. The average Bonchev–Trinajstić information content (AvgIpc) is 3.29. The monoisotopic (exact) mass is 432 g/mol. The Labute approximate surface area is 182 Å². The number of aromatic nitrogens is 4. The fraction of sp³-hybridized carbons (Fsp3) is 0.182. The van der Waals surface area contributed by atoms with E-state index in [0.29, 0.717) is 22.3 Å². The molecule has 2 aromatic heterocycles. The van der Waals surface area contributed by atoms with Crippen molar-refractivity contribution in [1.82, 2.24) is 31.0 Å². The molecule has 10 heteroatoms. The number of amides is 2. The lowest BCUT2D eigenvalue weighted by atomic mass is 10.1. The maximum Gasteiger partial charge on any atom is 0.272 e. The number of hydrogen-bond acceptors (Lipinski definition) is 7. The van der Waals surface area contributed by atoms with E-state index in [-0.39, 0.29) is 24.4 Å². The highest BCUT2D eigenvalue weighted by Gasteiger charge is 2.18. The van der Waals surface area contributed by atoms with Gasteiger partial charge in [-0.25, -0.2) is 5.10 Å². The average molecular weight is 432 g/mol. The Balaban J connectivity index is 1.32. The first-order chi connectivity index (χ1) is 15.5. The van der Waals surface area contributed by atoms with Crippen LogP contribution in [0.25, 0.3) is 22.2 Å². The van der Waals surface area contributed by atoms with E-state index in [4.69, 9.17) is 4.52 Å². The van der Waals surface area contributed by atoms with E-state index in [0.717, 1.165) is 5.56 Å². The first-order valence-electron chi connectivity index (χ1n) is 9.92. The molecule has 0 aliphatic heterocycles. The summed E-state index contributed by atoms with van der Waals surface area (Å²) in [4.78, 5) is 40.9. The van der Waals surface area contributed by atoms with Crippen LogP contribution in [-0.4, -0.2) is 38.2 Å². The van der Waals surface area contributed by atoms with Gasteiger partial charge in [0, 0.05) is 10.9 Å². The molecule has 0 aliphatic rings. The zero-order chi connectivity index (χ0) is 22.5. The summed E-state index contributed by atoms with van der Waals surface area (Å²) in [5.41, 5.74) is 0.899. The third-order valence-electron chi connectivity index (χ3n) is 4.79. The Hall–Kier alpha value is -4.34. The van der Waals surface area contributed by atoms with E-state index in [1.54, 1.807) is 31.2 Å². The lowest BCUT2D eigenvalue weighted by Gasteiger charge is -2.13. The molecule has 1 atom stereocenters. The van der Waals surface area contributed by atoms with Crippen molar-refractivity contribution in [1.29, 1.82) is 0 Å². The van der Waals surface area contributed by atoms with Gasteiger partial charge in [-0.1, -0.05) is 53.7 Å². The van der Waals surface area contributed by atoms with Gasteiger partial charge in [-0.05, 0) is 13.0 Å². The van der Waals surface area contributed by atoms with Gasteiger partial charge in [0.2, 0.25) is 23.5 Å². The van der Waals surface area contributed by atoms with Gasteiger partial charge in [-0.3, -0.25) is 14.4 Å². The smallest absolute Gasteiger partial charge is 0.272 e. The standard InChI is InChI=1S/C22H20N6O4/c1-13(21(30)23-12-19-25-20(28-32-19)14-7-3-2-4-8-14)24-18(29)11-17-15-9-5-6-10-16(15)22(31)27-26-17/h2-10,13H,11-12H2,1H3,(H,23,30)(H,24,29)(H,27,31). The molecule has 4 rings (SSSR count). The molecule has 0 fully saturated rings. The molecule has 2 amide bonds. The second-order valence-corrected chi connectivity index (χ2v) is 7.11. The van der Waals surface area contributed by atoms with Crippen LogP contribution >= 0.6 is 0 Å². The van der Waals surface area contributed by atoms with Gasteiger partial charge in [0.25, 0.3) is 5.56 Å². The molecule has 0 spiro atoms. The normalized spacial score (nSPS) is 11.8. The quantitative estimate of drug-likeness (QED) is 0.400. The summed E-state index contributed by atoms with van der Waals surface area (Å²) in [5.74, 6) is -0.130. The molecule has 4 aromatic rings. The fourth-order valence-electron chi connectivity index (χ4n) is 3.16. The van der Waals surface area contributed by atoms with Crippen LogP contribution in [0.15, 0.2) is 63.9 Å². The molecule has 2 heterocycles. The lowest BCUT2D eigenvalue weighted by molar-refractivity contribution is -0.128. The highest BCUT2D eigenvalue weighted by atomic mass is 16.5. The third kappa shape index (κ3) is 4.69. The molecule has 1 unspecified atom stereocenters. The summed E-state index contributed by atoms with van der Waals surface area (Å²) in [5, 5.41) is 16.6. The van der Waals surface area contributed by atoms with Gasteiger partial charge in [0.05, 0.1) is 24.0 Å². The molecule has 0 aliphatic carbocycles.